The Hall–Kier alpha value is -4.60. The molecule has 38 heavy (non-hydrogen) atoms. The lowest BCUT2D eigenvalue weighted by Gasteiger charge is -2.20. The van der Waals surface area contributed by atoms with Crippen LogP contribution in [0, 0.1) is 18.3 Å². The number of para-hydroxylation sites is 2. The van der Waals surface area contributed by atoms with E-state index >= 15 is 0 Å². The van der Waals surface area contributed by atoms with Gasteiger partial charge < -0.3 is 14.9 Å². The highest BCUT2D eigenvalue weighted by Gasteiger charge is 2.28. The van der Waals surface area contributed by atoms with Crippen LogP contribution in [-0.4, -0.2) is 51.4 Å². The highest BCUT2D eigenvalue weighted by atomic mass is 32.2. The molecule has 12 heteroatoms. The van der Waals surface area contributed by atoms with E-state index in [9.17, 15) is 23.4 Å². The quantitative estimate of drug-likeness (QED) is 0.276. The third kappa shape index (κ3) is 5.10. The minimum Gasteiger partial charge on any atom is -0.507 e. The third-order valence-corrected chi connectivity index (χ3v) is 7.70. The number of hydrogen-bond acceptors (Lipinski definition) is 8. The zero-order valence-corrected chi connectivity index (χ0v) is 21.4. The van der Waals surface area contributed by atoms with Crippen molar-refractivity contribution in [2.45, 2.75) is 24.8 Å². The van der Waals surface area contributed by atoms with Crippen molar-refractivity contribution in [1.29, 1.82) is 5.26 Å². The molecule has 11 nitrogen and oxygen atoms in total. The first kappa shape index (κ1) is 26.5. The molecule has 3 aromatic carbocycles. The van der Waals surface area contributed by atoms with Gasteiger partial charge in [0.05, 0.1) is 23.7 Å². The number of phenolic OH excluding ortho intramolecular Hbond substituents is 2. The summed E-state index contributed by atoms with van der Waals surface area (Å²) in [6.07, 6.45) is 0.174. The van der Waals surface area contributed by atoms with E-state index < -0.39 is 32.1 Å². The van der Waals surface area contributed by atoms with E-state index in [2.05, 4.69) is 10.2 Å². The minimum absolute atomic E-state index is 0.0304. The average Bonchev–Trinajstić information content (AvgIpc) is 3.26. The SMILES string of the molecule is Cc1ccccc1-n1c(-c2cc(S(=O)(=O)N(C)Cc3ccccc3OCCC#N)c(O)cc2O)n[nH]c1=O. The Balaban J connectivity index is 1.74. The minimum atomic E-state index is -4.30. The fourth-order valence-electron chi connectivity index (χ4n) is 3.93. The summed E-state index contributed by atoms with van der Waals surface area (Å²) >= 11 is 0. The summed E-state index contributed by atoms with van der Waals surface area (Å²) in [5.41, 5.74) is 1.13. The summed E-state index contributed by atoms with van der Waals surface area (Å²) in [5, 5.41) is 36.3. The predicted octanol–water partition coefficient (Wildman–Crippen LogP) is 3.06. The number of aryl methyl sites for hydroxylation is 1. The zero-order valence-electron chi connectivity index (χ0n) is 20.6. The van der Waals surface area contributed by atoms with Crippen molar-refractivity contribution >= 4 is 10.0 Å². The van der Waals surface area contributed by atoms with E-state index in [4.69, 9.17) is 10.00 Å². The van der Waals surface area contributed by atoms with Gasteiger partial charge in [-0.3, -0.25) is 0 Å². The highest BCUT2D eigenvalue weighted by Crippen LogP contribution is 2.38. The number of ether oxygens (including phenoxy) is 1. The van der Waals surface area contributed by atoms with Crippen LogP contribution in [0.1, 0.15) is 17.5 Å². The van der Waals surface area contributed by atoms with Crippen molar-refractivity contribution in [1.82, 2.24) is 19.1 Å². The summed E-state index contributed by atoms with van der Waals surface area (Å²) in [4.78, 5) is 12.1. The number of nitriles is 1. The topological polar surface area (TPSA) is 162 Å². The largest absolute Gasteiger partial charge is 0.507 e. The van der Waals surface area contributed by atoms with Gasteiger partial charge >= 0.3 is 5.69 Å². The fraction of sp³-hybridized carbons (Fsp3) is 0.192. The van der Waals surface area contributed by atoms with Crippen LogP contribution in [0.15, 0.2) is 70.4 Å². The predicted molar refractivity (Wildman–Crippen MR) is 139 cm³/mol. The molecule has 0 spiro atoms. The molecule has 0 bridgehead atoms. The van der Waals surface area contributed by atoms with Crippen LogP contribution >= 0.6 is 0 Å². The molecule has 0 unspecified atom stereocenters. The Morgan fingerprint density at radius 2 is 1.82 bits per heavy atom. The van der Waals surface area contributed by atoms with E-state index in [1.165, 1.54) is 11.6 Å². The van der Waals surface area contributed by atoms with Crippen molar-refractivity contribution in [3.05, 3.63) is 82.3 Å². The van der Waals surface area contributed by atoms with E-state index in [1.807, 2.05) is 6.07 Å². The van der Waals surface area contributed by atoms with Crippen LogP contribution in [0.4, 0.5) is 0 Å². The average molecular weight is 536 g/mol. The molecule has 0 fully saturated rings. The normalized spacial score (nSPS) is 11.4. The first-order valence-corrected chi connectivity index (χ1v) is 12.9. The molecule has 1 aromatic heterocycles. The zero-order chi connectivity index (χ0) is 27.4. The number of nitrogens with zero attached hydrogens (tertiary/aromatic N) is 4. The van der Waals surface area contributed by atoms with Crippen molar-refractivity contribution < 1.29 is 23.4 Å². The number of H-pyrrole nitrogens is 1. The van der Waals surface area contributed by atoms with Crippen molar-refractivity contribution in [3.63, 3.8) is 0 Å². The number of aromatic nitrogens is 3. The van der Waals surface area contributed by atoms with E-state index in [1.54, 1.807) is 55.5 Å². The van der Waals surface area contributed by atoms with Crippen molar-refractivity contribution in [2.75, 3.05) is 13.7 Å². The summed E-state index contributed by atoms with van der Waals surface area (Å²) in [7, 11) is -2.96. The maximum absolute atomic E-state index is 13.5. The number of sulfonamides is 1. The number of benzene rings is 3. The van der Waals surface area contributed by atoms with Gasteiger partial charge in [0, 0.05) is 25.2 Å². The van der Waals surface area contributed by atoms with Gasteiger partial charge in [-0.2, -0.15) is 14.7 Å². The summed E-state index contributed by atoms with van der Waals surface area (Å²) in [6, 6.07) is 17.8. The second-order valence-electron chi connectivity index (χ2n) is 8.44. The van der Waals surface area contributed by atoms with Crippen LogP contribution < -0.4 is 10.4 Å². The van der Waals surface area contributed by atoms with Crippen LogP contribution in [0.2, 0.25) is 0 Å². The Morgan fingerprint density at radius 1 is 1.11 bits per heavy atom. The number of rotatable bonds is 9. The van der Waals surface area contributed by atoms with Crippen molar-refractivity contribution in [2.24, 2.45) is 0 Å². The molecule has 1 heterocycles. The van der Waals surface area contributed by atoms with Crippen LogP contribution in [0.3, 0.4) is 0 Å². The van der Waals surface area contributed by atoms with E-state index in [0.29, 0.717) is 17.0 Å². The highest BCUT2D eigenvalue weighted by molar-refractivity contribution is 7.89. The van der Waals surface area contributed by atoms with Gasteiger partial charge in [-0.1, -0.05) is 36.4 Å². The number of aromatic amines is 1. The molecule has 0 saturated heterocycles. The molecule has 3 N–H and O–H groups in total. The van der Waals surface area contributed by atoms with E-state index in [-0.39, 0.29) is 31.0 Å². The first-order chi connectivity index (χ1) is 18.1. The molecule has 0 aliphatic heterocycles. The van der Waals surface area contributed by atoms with E-state index in [0.717, 1.165) is 22.0 Å². The van der Waals surface area contributed by atoms with Gasteiger partial charge in [0.2, 0.25) is 10.0 Å². The molecule has 0 saturated carbocycles. The molecular formula is C26H25N5O6S. The lowest BCUT2D eigenvalue weighted by atomic mass is 10.1. The van der Waals surface area contributed by atoms with Crippen LogP contribution in [-0.2, 0) is 16.6 Å². The van der Waals surface area contributed by atoms with Crippen LogP contribution in [0.5, 0.6) is 17.2 Å². The number of aromatic hydroxyl groups is 2. The van der Waals surface area contributed by atoms with Crippen LogP contribution in [0.25, 0.3) is 17.1 Å². The molecular weight excluding hydrogens is 510 g/mol. The fourth-order valence-corrected chi connectivity index (χ4v) is 5.17. The molecule has 4 rings (SSSR count). The Morgan fingerprint density at radius 3 is 2.55 bits per heavy atom. The van der Waals surface area contributed by atoms with Gasteiger partial charge in [0.25, 0.3) is 0 Å². The lowest BCUT2D eigenvalue weighted by Crippen LogP contribution is -2.27. The third-order valence-electron chi connectivity index (χ3n) is 5.87. The van der Waals surface area contributed by atoms with Gasteiger partial charge in [-0.25, -0.2) is 22.9 Å². The number of nitrogens with one attached hydrogen (secondary N) is 1. The molecule has 4 aromatic rings. The number of hydrogen-bond donors (Lipinski definition) is 3. The molecule has 0 aliphatic carbocycles. The maximum atomic E-state index is 13.5. The summed E-state index contributed by atoms with van der Waals surface area (Å²) < 4.78 is 34.9. The van der Waals surface area contributed by atoms with Gasteiger partial charge in [0.15, 0.2) is 5.82 Å². The lowest BCUT2D eigenvalue weighted by molar-refractivity contribution is 0.319. The van der Waals surface area contributed by atoms with Gasteiger partial charge in [-0.15, -0.1) is 0 Å². The Bertz CT molecular complexity index is 1690. The Kier molecular flexibility index (Phi) is 7.52. The van der Waals surface area contributed by atoms with Gasteiger partial charge in [0.1, 0.15) is 28.8 Å². The maximum Gasteiger partial charge on any atom is 0.348 e. The molecule has 0 radical (unpaired) electrons. The van der Waals surface area contributed by atoms with Crippen molar-refractivity contribution in [3.8, 4) is 40.4 Å². The first-order valence-electron chi connectivity index (χ1n) is 11.5. The summed E-state index contributed by atoms with van der Waals surface area (Å²) in [6.45, 7) is 1.84. The molecule has 0 atom stereocenters. The molecule has 0 aliphatic rings. The van der Waals surface area contributed by atoms with Gasteiger partial charge in [-0.05, 0) is 30.7 Å². The molecule has 0 amide bonds. The second-order valence-corrected chi connectivity index (χ2v) is 10.5. The summed E-state index contributed by atoms with van der Waals surface area (Å²) in [5.74, 6) is -0.734. The number of phenols is 2. The molecule has 196 valence electrons. The smallest absolute Gasteiger partial charge is 0.348 e. The Labute approximate surface area is 218 Å². The standard InChI is InChI=1S/C26H25N5O6S/c1-17-8-3-5-10-20(17)31-25(28-29-26(31)34)19-14-24(22(33)15-21(19)32)38(35,36)30(2)16-18-9-4-6-11-23(18)37-13-7-12-27/h3-6,8-11,14-15,32-33H,7,13,16H2,1-2H3,(H,29,34). The monoisotopic (exact) mass is 535 g/mol. The second kappa shape index (κ2) is 10.8.